The molecule has 0 amide bonds. The van der Waals surface area contributed by atoms with Crippen molar-refractivity contribution in [3.05, 3.63) is 42.5 Å². The normalized spacial score (nSPS) is 12.2. The second-order valence-corrected chi connectivity index (χ2v) is 4.59. The van der Waals surface area contributed by atoms with Gasteiger partial charge in [0.15, 0.2) is 0 Å². The number of ether oxygens (including phenoxy) is 1. The van der Waals surface area contributed by atoms with Gasteiger partial charge < -0.3 is 15.2 Å². The first-order valence-electron chi connectivity index (χ1n) is 6.45. The van der Waals surface area contributed by atoms with Crippen LogP contribution in [0.3, 0.4) is 0 Å². The largest absolute Gasteiger partial charge is 0.474 e. The smallest absolute Gasteiger partial charge is 0.234 e. The Morgan fingerprint density at radius 2 is 1.95 bits per heavy atom. The Morgan fingerprint density at radius 3 is 2.65 bits per heavy atom. The van der Waals surface area contributed by atoms with Crippen molar-refractivity contribution >= 4 is 5.82 Å². The van der Waals surface area contributed by atoms with Crippen LogP contribution in [0.15, 0.2) is 36.9 Å². The number of aromatic nitrogens is 3. The Balaban J connectivity index is 1.94. The third kappa shape index (κ3) is 4.17. The van der Waals surface area contributed by atoms with Gasteiger partial charge in [0.05, 0.1) is 24.6 Å². The molecule has 0 bridgehead atoms. The number of hydrogen-bond donors (Lipinski definition) is 2. The van der Waals surface area contributed by atoms with Crippen molar-refractivity contribution in [1.29, 1.82) is 0 Å². The van der Waals surface area contributed by atoms with Gasteiger partial charge in [-0.3, -0.25) is 9.97 Å². The lowest BCUT2D eigenvalue weighted by atomic mass is 10.1. The number of nitrogens with one attached hydrogen (secondary N) is 1. The molecule has 2 heterocycles. The van der Waals surface area contributed by atoms with Gasteiger partial charge in [-0.15, -0.1) is 0 Å². The van der Waals surface area contributed by atoms with E-state index < -0.39 is 6.10 Å². The molecule has 106 valence electrons. The molecule has 2 N–H and O–H groups in total. The highest BCUT2D eigenvalue weighted by molar-refractivity contribution is 5.34. The SMILES string of the molecule is CC(C)Oc1cncc(NC[C@@H](O)c2ccncc2)n1. The summed E-state index contributed by atoms with van der Waals surface area (Å²) in [5.41, 5.74) is 0.801. The van der Waals surface area contributed by atoms with Crippen molar-refractivity contribution in [1.82, 2.24) is 15.0 Å². The van der Waals surface area contributed by atoms with Crippen LogP contribution in [0.5, 0.6) is 5.88 Å². The van der Waals surface area contributed by atoms with Gasteiger partial charge in [0, 0.05) is 18.9 Å². The molecule has 0 aromatic carbocycles. The van der Waals surface area contributed by atoms with Gasteiger partial charge in [-0.2, -0.15) is 4.98 Å². The van der Waals surface area contributed by atoms with Crippen LogP contribution in [-0.4, -0.2) is 32.7 Å². The Labute approximate surface area is 117 Å². The summed E-state index contributed by atoms with van der Waals surface area (Å²) in [6.45, 7) is 4.19. The van der Waals surface area contributed by atoms with Gasteiger partial charge >= 0.3 is 0 Å². The van der Waals surface area contributed by atoms with E-state index in [1.54, 1.807) is 36.9 Å². The Morgan fingerprint density at radius 1 is 1.20 bits per heavy atom. The minimum absolute atomic E-state index is 0.0435. The van der Waals surface area contributed by atoms with Crippen LogP contribution in [-0.2, 0) is 0 Å². The summed E-state index contributed by atoms with van der Waals surface area (Å²) in [7, 11) is 0. The Bertz CT molecular complexity index is 534. The predicted molar refractivity (Wildman–Crippen MR) is 75.5 cm³/mol. The summed E-state index contributed by atoms with van der Waals surface area (Å²) in [6, 6.07) is 3.55. The van der Waals surface area contributed by atoms with Crippen molar-refractivity contribution in [3.63, 3.8) is 0 Å². The van der Waals surface area contributed by atoms with E-state index in [1.165, 1.54) is 0 Å². The highest BCUT2D eigenvalue weighted by atomic mass is 16.5. The third-order valence-corrected chi connectivity index (χ3v) is 2.54. The van der Waals surface area contributed by atoms with Gasteiger partial charge in [0.25, 0.3) is 0 Å². The number of aliphatic hydroxyl groups is 1. The molecule has 0 saturated carbocycles. The molecule has 1 atom stereocenters. The van der Waals surface area contributed by atoms with Gasteiger partial charge in [0.2, 0.25) is 5.88 Å². The molecule has 0 aliphatic carbocycles. The molecule has 0 aliphatic rings. The van der Waals surface area contributed by atoms with E-state index in [0.29, 0.717) is 18.2 Å². The summed E-state index contributed by atoms with van der Waals surface area (Å²) in [4.78, 5) is 12.2. The number of anilines is 1. The van der Waals surface area contributed by atoms with Crippen molar-refractivity contribution in [2.45, 2.75) is 26.1 Å². The first-order chi connectivity index (χ1) is 9.65. The summed E-state index contributed by atoms with van der Waals surface area (Å²) in [5, 5.41) is 13.1. The van der Waals surface area contributed by atoms with Crippen molar-refractivity contribution in [2.24, 2.45) is 0 Å². The first-order valence-corrected chi connectivity index (χ1v) is 6.45. The molecule has 0 unspecified atom stereocenters. The average Bonchev–Trinajstić information content (AvgIpc) is 2.45. The van der Waals surface area contributed by atoms with E-state index in [4.69, 9.17) is 4.74 Å². The van der Waals surface area contributed by atoms with Crippen LogP contribution >= 0.6 is 0 Å². The number of aliphatic hydroxyl groups excluding tert-OH is 1. The molecular weight excluding hydrogens is 256 g/mol. The zero-order valence-corrected chi connectivity index (χ0v) is 11.5. The molecule has 0 saturated heterocycles. The van der Waals surface area contributed by atoms with Crippen molar-refractivity contribution in [3.8, 4) is 5.88 Å². The molecule has 2 aromatic rings. The fraction of sp³-hybridized carbons (Fsp3) is 0.357. The van der Waals surface area contributed by atoms with E-state index in [0.717, 1.165) is 5.56 Å². The van der Waals surface area contributed by atoms with Gasteiger partial charge in [0.1, 0.15) is 5.82 Å². The second kappa shape index (κ2) is 6.81. The topological polar surface area (TPSA) is 80.2 Å². The van der Waals surface area contributed by atoms with Gasteiger partial charge in [-0.25, -0.2) is 0 Å². The van der Waals surface area contributed by atoms with Crippen LogP contribution in [0.25, 0.3) is 0 Å². The summed E-state index contributed by atoms with van der Waals surface area (Å²) >= 11 is 0. The molecule has 0 radical (unpaired) electrons. The lowest BCUT2D eigenvalue weighted by Gasteiger charge is -2.13. The minimum Gasteiger partial charge on any atom is -0.474 e. The van der Waals surface area contributed by atoms with Crippen LogP contribution < -0.4 is 10.1 Å². The number of pyridine rings is 1. The first kappa shape index (κ1) is 14.2. The van der Waals surface area contributed by atoms with Gasteiger partial charge in [-0.05, 0) is 31.5 Å². The number of nitrogens with zero attached hydrogens (tertiary/aromatic N) is 3. The highest BCUT2D eigenvalue weighted by Crippen LogP contribution is 2.14. The van der Waals surface area contributed by atoms with Crippen LogP contribution in [0.2, 0.25) is 0 Å². The summed E-state index contributed by atoms with van der Waals surface area (Å²) in [5.74, 6) is 1.03. The van der Waals surface area contributed by atoms with Crippen molar-refractivity contribution in [2.75, 3.05) is 11.9 Å². The van der Waals surface area contributed by atoms with E-state index in [9.17, 15) is 5.11 Å². The second-order valence-electron chi connectivity index (χ2n) is 4.59. The Hall–Kier alpha value is -2.21. The average molecular weight is 274 g/mol. The molecule has 0 fully saturated rings. The number of rotatable bonds is 6. The van der Waals surface area contributed by atoms with Crippen LogP contribution in [0.1, 0.15) is 25.5 Å². The minimum atomic E-state index is -0.630. The molecule has 6 heteroatoms. The molecular formula is C14H18N4O2. The maximum atomic E-state index is 10.0. The molecule has 0 spiro atoms. The summed E-state index contributed by atoms with van der Waals surface area (Å²) in [6.07, 6.45) is 5.86. The van der Waals surface area contributed by atoms with E-state index in [1.807, 2.05) is 13.8 Å². The molecule has 6 nitrogen and oxygen atoms in total. The molecule has 2 rings (SSSR count). The fourth-order valence-corrected chi connectivity index (χ4v) is 1.64. The fourth-order valence-electron chi connectivity index (χ4n) is 1.64. The maximum Gasteiger partial charge on any atom is 0.234 e. The highest BCUT2D eigenvalue weighted by Gasteiger charge is 2.08. The van der Waals surface area contributed by atoms with Crippen LogP contribution in [0, 0.1) is 0 Å². The maximum absolute atomic E-state index is 10.0. The van der Waals surface area contributed by atoms with Gasteiger partial charge in [-0.1, -0.05) is 0 Å². The predicted octanol–water partition coefficient (Wildman–Crippen LogP) is 1.80. The lowest BCUT2D eigenvalue weighted by Crippen LogP contribution is -2.14. The van der Waals surface area contributed by atoms with E-state index >= 15 is 0 Å². The number of hydrogen-bond acceptors (Lipinski definition) is 6. The molecule has 2 aromatic heterocycles. The zero-order chi connectivity index (χ0) is 14.4. The standard InChI is InChI=1S/C14H18N4O2/c1-10(2)20-14-9-16-8-13(18-14)17-7-12(19)11-3-5-15-6-4-11/h3-6,8-10,12,19H,7H2,1-2H3,(H,17,18)/t12-/m1/s1. The molecule has 0 aliphatic heterocycles. The lowest BCUT2D eigenvalue weighted by molar-refractivity contribution is 0.191. The third-order valence-electron chi connectivity index (χ3n) is 2.54. The molecule has 20 heavy (non-hydrogen) atoms. The quantitative estimate of drug-likeness (QED) is 0.836. The van der Waals surface area contributed by atoms with Crippen molar-refractivity contribution < 1.29 is 9.84 Å². The van der Waals surface area contributed by atoms with E-state index in [-0.39, 0.29) is 6.10 Å². The zero-order valence-electron chi connectivity index (χ0n) is 11.5. The monoisotopic (exact) mass is 274 g/mol. The van der Waals surface area contributed by atoms with E-state index in [2.05, 4.69) is 20.3 Å². The Kier molecular flexibility index (Phi) is 4.84. The summed E-state index contributed by atoms with van der Waals surface area (Å²) < 4.78 is 5.46. The van der Waals surface area contributed by atoms with Crippen LogP contribution in [0.4, 0.5) is 5.82 Å².